The standard InChI is InChI=1S/C18H23ClN4O2/c1-22-8-6-15(7-9-22)23(2)12-13(11-20)18(24)21-14-4-5-17(25-3)16(19)10-14/h4-5,10,12,15H,6-9H2,1-3H3,(H,21,24)/b13-12-. The first-order valence-electron chi connectivity index (χ1n) is 8.12. The highest BCUT2D eigenvalue weighted by Crippen LogP contribution is 2.27. The number of carbonyl (C=O) groups excluding carboxylic acids is 1. The molecule has 0 unspecified atom stereocenters. The summed E-state index contributed by atoms with van der Waals surface area (Å²) in [5, 5.41) is 12.4. The molecule has 7 heteroatoms. The van der Waals surface area contributed by atoms with Gasteiger partial charge in [0.2, 0.25) is 0 Å². The molecule has 1 N–H and O–H groups in total. The van der Waals surface area contributed by atoms with Gasteiger partial charge in [0, 0.05) is 25.0 Å². The number of nitrogens with one attached hydrogen (secondary N) is 1. The topological polar surface area (TPSA) is 68.6 Å². The van der Waals surface area contributed by atoms with Crippen molar-refractivity contribution in [3.05, 3.63) is 35.0 Å². The maximum atomic E-state index is 12.4. The molecule has 1 saturated heterocycles. The van der Waals surface area contributed by atoms with E-state index < -0.39 is 5.91 Å². The van der Waals surface area contributed by atoms with Gasteiger partial charge in [-0.05, 0) is 51.2 Å². The largest absolute Gasteiger partial charge is 0.495 e. The number of halogens is 1. The molecule has 1 fully saturated rings. The van der Waals surface area contributed by atoms with Crippen LogP contribution in [0.4, 0.5) is 5.69 Å². The van der Waals surface area contributed by atoms with Crippen molar-refractivity contribution < 1.29 is 9.53 Å². The van der Waals surface area contributed by atoms with E-state index in [4.69, 9.17) is 16.3 Å². The van der Waals surface area contributed by atoms with Gasteiger partial charge in [-0.1, -0.05) is 11.6 Å². The summed E-state index contributed by atoms with van der Waals surface area (Å²) in [6.45, 7) is 2.03. The van der Waals surface area contributed by atoms with Crippen LogP contribution in [0.2, 0.25) is 5.02 Å². The molecule has 0 radical (unpaired) electrons. The number of ether oxygens (including phenoxy) is 1. The molecule has 134 valence electrons. The summed E-state index contributed by atoms with van der Waals surface area (Å²) in [5.74, 6) is 0.0706. The normalized spacial score (nSPS) is 16.2. The minimum atomic E-state index is -0.455. The van der Waals surface area contributed by atoms with Crippen molar-refractivity contribution in [3.63, 3.8) is 0 Å². The quantitative estimate of drug-likeness (QED) is 0.644. The molecule has 0 saturated carbocycles. The molecule has 6 nitrogen and oxygen atoms in total. The van der Waals surface area contributed by atoms with Gasteiger partial charge < -0.3 is 19.9 Å². The molecule has 1 aliphatic rings. The Morgan fingerprint density at radius 1 is 1.48 bits per heavy atom. The van der Waals surface area contributed by atoms with Crippen LogP contribution >= 0.6 is 11.6 Å². The molecular formula is C18H23ClN4O2. The number of nitrogens with zero attached hydrogens (tertiary/aromatic N) is 3. The highest BCUT2D eigenvalue weighted by atomic mass is 35.5. The Morgan fingerprint density at radius 3 is 2.72 bits per heavy atom. The average molecular weight is 363 g/mol. The Morgan fingerprint density at radius 2 is 2.16 bits per heavy atom. The molecular weight excluding hydrogens is 340 g/mol. The first kappa shape index (κ1) is 19.1. The Kier molecular flexibility index (Phi) is 6.68. The average Bonchev–Trinajstić information content (AvgIpc) is 2.60. The number of methoxy groups -OCH3 is 1. The number of anilines is 1. The van der Waals surface area contributed by atoms with E-state index in [1.54, 1.807) is 24.4 Å². The molecule has 0 bridgehead atoms. The maximum absolute atomic E-state index is 12.4. The second-order valence-electron chi connectivity index (χ2n) is 6.16. The number of carbonyl (C=O) groups is 1. The Hall–Kier alpha value is -2.23. The van der Waals surface area contributed by atoms with Crippen LogP contribution in [-0.2, 0) is 4.79 Å². The lowest BCUT2D eigenvalue weighted by molar-refractivity contribution is -0.112. The highest BCUT2D eigenvalue weighted by Gasteiger charge is 2.20. The van der Waals surface area contributed by atoms with E-state index in [0.717, 1.165) is 25.9 Å². The number of benzene rings is 1. The number of nitriles is 1. The van der Waals surface area contributed by atoms with Gasteiger partial charge in [0.15, 0.2) is 0 Å². The van der Waals surface area contributed by atoms with Crippen molar-refractivity contribution in [2.75, 3.05) is 39.6 Å². The first-order chi connectivity index (χ1) is 11.9. The lowest BCUT2D eigenvalue weighted by Crippen LogP contribution is -2.40. The van der Waals surface area contributed by atoms with Gasteiger partial charge in [0.05, 0.1) is 12.1 Å². The van der Waals surface area contributed by atoms with Crippen LogP contribution in [0.5, 0.6) is 5.75 Å². The van der Waals surface area contributed by atoms with Gasteiger partial charge in [-0.2, -0.15) is 5.26 Å². The van der Waals surface area contributed by atoms with Crippen molar-refractivity contribution in [1.82, 2.24) is 9.80 Å². The van der Waals surface area contributed by atoms with Crippen LogP contribution in [-0.4, -0.2) is 56.0 Å². The van der Waals surface area contributed by atoms with Gasteiger partial charge >= 0.3 is 0 Å². The van der Waals surface area contributed by atoms with Crippen molar-refractivity contribution in [2.45, 2.75) is 18.9 Å². The van der Waals surface area contributed by atoms with Crippen molar-refractivity contribution >= 4 is 23.2 Å². The summed E-state index contributed by atoms with van der Waals surface area (Å²) < 4.78 is 5.08. The van der Waals surface area contributed by atoms with Gasteiger partial charge in [0.1, 0.15) is 17.4 Å². The Bertz CT molecular complexity index is 691. The van der Waals surface area contributed by atoms with Crippen LogP contribution in [0.15, 0.2) is 30.0 Å². The van der Waals surface area contributed by atoms with Crippen LogP contribution in [0.1, 0.15) is 12.8 Å². The zero-order valence-corrected chi connectivity index (χ0v) is 15.5. The molecule has 2 rings (SSSR count). The molecule has 1 aliphatic heterocycles. The van der Waals surface area contributed by atoms with Gasteiger partial charge in [-0.15, -0.1) is 0 Å². The van der Waals surface area contributed by atoms with Crippen LogP contribution in [0.3, 0.4) is 0 Å². The number of piperidine rings is 1. The molecule has 25 heavy (non-hydrogen) atoms. The second kappa shape index (κ2) is 8.75. The number of likely N-dealkylation sites (tertiary alicyclic amines) is 1. The van der Waals surface area contributed by atoms with E-state index in [-0.39, 0.29) is 5.57 Å². The third-order valence-electron chi connectivity index (χ3n) is 4.37. The molecule has 1 aromatic rings. The minimum Gasteiger partial charge on any atom is -0.495 e. The molecule has 0 spiro atoms. The fourth-order valence-corrected chi connectivity index (χ4v) is 3.05. The molecule has 0 aromatic heterocycles. The lowest BCUT2D eigenvalue weighted by atomic mass is 10.0. The van der Waals surface area contributed by atoms with E-state index in [9.17, 15) is 10.1 Å². The maximum Gasteiger partial charge on any atom is 0.267 e. The van der Waals surface area contributed by atoms with Gasteiger partial charge in [-0.3, -0.25) is 4.79 Å². The van der Waals surface area contributed by atoms with E-state index in [1.807, 2.05) is 18.0 Å². The SMILES string of the molecule is COc1ccc(NC(=O)/C(C#N)=C\N(C)C2CCN(C)CC2)cc1Cl. The van der Waals surface area contributed by atoms with Crippen LogP contribution in [0.25, 0.3) is 0 Å². The number of hydrogen-bond acceptors (Lipinski definition) is 5. The summed E-state index contributed by atoms with van der Waals surface area (Å²) >= 11 is 6.06. The molecule has 1 aromatic carbocycles. The number of rotatable bonds is 5. The molecule has 1 heterocycles. The minimum absolute atomic E-state index is 0.0633. The van der Waals surface area contributed by atoms with Crippen LogP contribution in [0, 0.1) is 11.3 Å². The lowest BCUT2D eigenvalue weighted by Gasteiger charge is -2.34. The van der Waals surface area contributed by atoms with E-state index in [0.29, 0.717) is 22.5 Å². The summed E-state index contributed by atoms with van der Waals surface area (Å²) in [4.78, 5) is 16.6. The van der Waals surface area contributed by atoms with E-state index in [2.05, 4.69) is 17.3 Å². The predicted octanol–water partition coefficient (Wildman–Crippen LogP) is 2.72. The summed E-state index contributed by atoms with van der Waals surface area (Å²) in [6, 6.07) is 7.25. The molecule has 1 amide bonds. The zero-order valence-electron chi connectivity index (χ0n) is 14.8. The molecule has 0 atom stereocenters. The first-order valence-corrected chi connectivity index (χ1v) is 8.49. The fourth-order valence-electron chi connectivity index (χ4n) is 2.79. The third-order valence-corrected chi connectivity index (χ3v) is 4.67. The van der Waals surface area contributed by atoms with Crippen molar-refractivity contribution in [3.8, 4) is 11.8 Å². The van der Waals surface area contributed by atoms with Crippen molar-refractivity contribution in [1.29, 1.82) is 5.26 Å². The van der Waals surface area contributed by atoms with Crippen molar-refractivity contribution in [2.24, 2.45) is 0 Å². The van der Waals surface area contributed by atoms with Gasteiger partial charge in [-0.25, -0.2) is 0 Å². The van der Waals surface area contributed by atoms with E-state index in [1.165, 1.54) is 7.11 Å². The smallest absolute Gasteiger partial charge is 0.267 e. The summed E-state index contributed by atoms with van der Waals surface area (Å²) in [7, 11) is 5.53. The molecule has 0 aliphatic carbocycles. The highest BCUT2D eigenvalue weighted by molar-refractivity contribution is 6.32. The van der Waals surface area contributed by atoms with E-state index >= 15 is 0 Å². The third kappa shape index (κ3) is 5.12. The monoisotopic (exact) mass is 362 g/mol. The van der Waals surface area contributed by atoms with Crippen LogP contribution < -0.4 is 10.1 Å². The Balaban J connectivity index is 2.05. The fraction of sp³-hybridized carbons (Fsp3) is 0.444. The summed E-state index contributed by atoms with van der Waals surface area (Å²) in [5.41, 5.74) is 0.576. The zero-order chi connectivity index (χ0) is 18.4. The second-order valence-corrected chi connectivity index (χ2v) is 6.57. The number of amides is 1. The predicted molar refractivity (Wildman–Crippen MR) is 98.6 cm³/mol. The Labute approximate surface area is 153 Å². The number of hydrogen-bond donors (Lipinski definition) is 1. The van der Waals surface area contributed by atoms with Gasteiger partial charge in [0.25, 0.3) is 5.91 Å². The summed E-state index contributed by atoms with van der Waals surface area (Å²) in [6.07, 6.45) is 3.65.